The molecule has 1 unspecified atom stereocenters. The Kier molecular flexibility index (Phi) is 3.70. The van der Waals surface area contributed by atoms with Gasteiger partial charge in [0, 0.05) is 28.0 Å². The molecule has 1 aliphatic carbocycles. The summed E-state index contributed by atoms with van der Waals surface area (Å²) in [6.07, 6.45) is 3.47. The topological polar surface area (TPSA) is 42.1 Å². The van der Waals surface area contributed by atoms with Crippen LogP contribution in [0.25, 0.3) is 10.9 Å². The zero-order valence-corrected chi connectivity index (χ0v) is 12.3. The lowest BCUT2D eigenvalue weighted by Gasteiger charge is -2.21. The number of fused-ring (bicyclic) bond motifs is 3. The molecule has 1 aliphatic rings. The summed E-state index contributed by atoms with van der Waals surface area (Å²) in [5.41, 5.74) is 3.75. The van der Waals surface area contributed by atoms with Crippen LogP contribution in [-0.2, 0) is 22.4 Å². The number of hydrogen-bond acceptors (Lipinski definition) is 2. The minimum Gasteiger partial charge on any atom is -0.466 e. The Morgan fingerprint density at radius 3 is 3.15 bits per heavy atom. The number of nitrogens with one attached hydrogen (secondary N) is 1. The number of benzene rings is 1. The first-order chi connectivity index (χ1) is 9.67. The maximum absolute atomic E-state index is 11.6. The second-order valence-corrected chi connectivity index (χ2v) is 5.83. The first-order valence-electron chi connectivity index (χ1n) is 7.12. The van der Waals surface area contributed by atoms with Crippen LogP contribution in [-0.4, -0.2) is 17.6 Å². The molecule has 3 nitrogen and oxygen atoms in total. The summed E-state index contributed by atoms with van der Waals surface area (Å²) in [7, 11) is 0. The zero-order valence-electron chi connectivity index (χ0n) is 11.5. The van der Waals surface area contributed by atoms with E-state index in [1.807, 2.05) is 25.1 Å². The van der Waals surface area contributed by atoms with Crippen LogP contribution in [0.4, 0.5) is 0 Å². The highest BCUT2D eigenvalue weighted by Gasteiger charge is 2.24. The molecular formula is C16H18ClNO2. The molecule has 0 aliphatic heterocycles. The third-order valence-electron chi connectivity index (χ3n) is 4.01. The van der Waals surface area contributed by atoms with E-state index in [0.717, 1.165) is 29.8 Å². The van der Waals surface area contributed by atoms with Crippen molar-refractivity contribution in [2.75, 3.05) is 6.61 Å². The van der Waals surface area contributed by atoms with Crippen LogP contribution in [0.1, 0.15) is 31.0 Å². The van der Waals surface area contributed by atoms with Gasteiger partial charge < -0.3 is 9.72 Å². The van der Waals surface area contributed by atoms with Crippen LogP contribution in [0.15, 0.2) is 18.2 Å². The SMILES string of the molecule is CCOC(=O)CC1CCc2c([nH]c3ccc(Cl)cc23)C1. The molecule has 0 saturated heterocycles. The second kappa shape index (κ2) is 5.49. The molecule has 1 aromatic heterocycles. The Hall–Kier alpha value is -1.48. The number of aromatic amines is 1. The Balaban J connectivity index is 1.81. The van der Waals surface area contributed by atoms with Gasteiger partial charge in [0.05, 0.1) is 6.61 Å². The largest absolute Gasteiger partial charge is 0.466 e. The normalized spacial score (nSPS) is 18.0. The molecule has 1 atom stereocenters. The lowest BCUT2D eigenvalue weighted by atomic mass is 9.85. The van der Waals surface area contributed by atoms with Gasteiger partial charge in [-0.25, -0.2) is 0 Å². The molecule has 0 amide bonds. The average molecular weight is 292 g/mol. The fraction of sp³-hybridized carbons (Fsp3) is 0.438. The minimum absolute atomic E-state index is 0.0832. The summed E-state index contributed by atoms with van der Waals surface area (Å²) in [5, 5.41) is 2.00. The number of rotatable bonds is 3. The monoisotopic (exact) mass is 291 g/mol. The van der Waals surface area contributed by atoms with Gasteiger partial charge >= 0.3 is 5.97 Å². The molecule has 106 valence electrons. The first-order valence-corrected chi connectivity index (χ1v) is 7.49. The Morgan fingerprint density at radius 1 is 1.50 bits per heavy atom. The van der Waals surface area contributed by atoms with Gasteiger partial charge in [-0.1, -0.05) is 11.6 Å². The Labute approximate surface area is 123 Å². The van der Waals surface area contributed by atoms with Crippen molar-refractivity contribution in [3.8, 4) is 0 Å². The summed E-state index contributed by atoms with van der Waals surface area (Å²) < 4.78 is 5.04. The number of carbonyl (C=O) groups excluding carboxylic acids is 1. The number of aryl methyl sites for hydroxylation is 1. The van der Waals surface area contributed by atoms with Crippen LogP contribution in [0.5, 0.6) is 0 Å². The quantitative estimate of drug-likeness (QED) is 0.872. The molecule has 0 radical (unpaired) electrons. The Bertz CT molecular complexity index is 647. The standard InChI is InChI=1S/C16H18ClNO2/c1-2-20-16(19)8-10-3-5-12-13-9-11(17)4-6-14(13)18-15(12)7-10/h4,6,9-10,18H,2-3,5,7-8H2,1H3. The number of aromatic nitrogens is 1. The predicted molar refractivity (Wildman–Crippen MR) is 80.1 cm³/mol. The fourth-order valence-corrected chi connectivity index (χ4v) is 3.28. The lowest BCUT2D eigenvalue weighted by Crippen LogP contribution is -2.18. The zero-order chi connectivity index (χ0) is 14.1. The summed E-state index contributed by atoms with van der Waals surface area (Å²) >= 11 is 6.08. The molecular weight excluding hydrogens is 274 g/mol. The van der Waals surface area contributed by atoms with Gasteiger partial charge in [0.15, 0.2) is 0 Å². The molecule has 3 rings (SSSR count). The Morgan fingerprint density at radius 2 is 2.35 bits per heavy atom. The van der Waals surface area contributed by atoms with Gasteiger partial charge in [0.2, 0.25) is 0 Å². The van der Waals surface area contributed by atoms with Crippen LogP contribution < -0.4 is 0 Å². The van der Waals surface area contributed by atoms with Crippen LogP contribution in [0, 0.1) is 5.92 Å². The van der Waals surface area contributed by atoms with E-state index in [-0.39, 0.29) is 5.97 Å². The van der Waals surface area contributed by atoms with Crippen molar-refractivity contribution < 1.29 is 9.53 Å². The van der Waals surface area contributed by atoms with Crippen molar-refractivity contribution in [2.45, 2.75) is 32.6 Å². The fourth-order valence-electron chi connectivity index (χ4n) is 3.10. The van der Waals surface area contributed by atoms with Crippen LogP contribution >= 0.6 is 11.6 Å². The molecule has 1 heterocycles. The van der Waals surface area contributed by atoms with E-state index in [1.54, 1.807) is 0 Å². The van der Waals surface area contributed by atoms with Crippen molar-refractivity contribution >= 4 is 28.5 Å². The highest BCUT2D eigenvalue weighted by atomic mass is 35.5. The van der Waals surface area contributed by atoms with E-state index >= 15 is 0 Å². The summed E-state index contributed by atoms with van der Waals surface area (Å²) in [6.45, 7) is 2.31. The van der Waals surface area contributed by atoms with Crippen molar-refractivity contribution in [1.82, 2.24) is 4.98 Å². The van der Waals surface area contributed by atoms with E-state index in [1.165, 1.54) is 16.6 Å². The van der Waals surface area contributed by atoms with Gasteiger partial charge in [-0.05, 0) is 55.9 Å². The number of ether oxygens (including phenoxy) is 1. The van der Waals surface area contributed by atoms with Gasteiger partial charge in [0.1, 0.15) is 0 Å². The van der Waals surface area contributed by atoms with E-state index in [4.69, 9.17) is 16.3 Å². The van der Waals surface area contributed by atoms with Crippen LogP contribution in [0.2, 0.25) is 5.02 Å². The summed E-state index contributed by atoms with van der Waals surface area (Å²) in [4.78, 5) is 15.1. The first kappa shape index (κ1) is 13.5. The molecule has 0 bridgehead atoms. The van der Waals surface area contributed by atoms with Crippen molar-refractivity contribution in [3.05, 3.63) is 34.5 Å². The van der Waals surface area contributed by atoms with E-state index < -0.39 is 0 Å². The molecule has 1 aromatic carbocycles. The third kappa shape index (κ3) is 2.55. The number of carbonyl (C=O) groups is 1. The third-order valence-corrected chi connectivity index (χ3v) is 4.25. The van der Waals surface area contributed by atoms with E-state index in [2.05, 4.69) is 4.98 Å². The molecule has 2 aromatic rings. The van der Waals surface area contributed by atoms with E-state index in [0.29, 0.717) is 18.9 Å². The molecule has 0 saturated carbocycles. The van der Waals surface area contributed by atoms with Gasteiger partial charge in [-0.2, -0.15) is 0 Å². The van der Waals surface area contributed by atoms with Gasteiger partial charge in [-0.15, -0.1) is 0 Å². The van der Waals surface area contributed by atoms with Crippen molar-refractivity contribution in [2.24, 2.45) is 5.92 Å². The maximum atomic E-state index is 11.6. The molecule has 1 N–H and O–H groups in total. The van der Waals surface area contributed by atoms with Gasteiger partial charge in [0.25, 0.3) is 0 Å². The summed E-state index contributed by atoms with van der Waals surface area (Å²) in [5.74, 6) is 0.296. The second-order valence-electron chi connectivity index (χ2n) is 5.39. The van der Waals surface area contributed by atoms with Crippen molar-refractivity contribution in [3.63, 3.8) is 0 Å². The highest BCUT2D eigenvalue weighted by molar-refractivity contribution is 6.31. The molecule has 0 fully saturated rings. The molecule has 4 heteroatoms. The van der Waals surface area contributed by atoms with Gasteiger partial charge in [-0.3, -0.25) is 4.79 Å². The minimum atomic E-state index is -0.0832. The number of H-pyrrole nitrogens is 1. The highest BCUT2D eigenvalue weighted by Crippen LogP contribution is 2.34. The maximum Gasteiger partial charge on any atom is 0.306 e. The van der Waals surface area contributed by atoms with Crippen molar-refractivity contribution in [1.29, 1.82) is 0 Å². The molecule has 20 heavy (non-hydrogen) atoms. The lowest BCUT2D eigenvalue weighted by molar-refractivity contribution is -0.144. The smallest absolute Gasteiger partial charge is 0.306 e. The average Bonchev–Trinajstić information content (AvgIpc) is 2.76. The number of halogens is 1. The van der Waals surface area contributed by atoms with Crippen LogP contribution in [0.3, 0.4) is 0 Å². The number of esters is 1. The molecule has 0 spiro atoms. The van der Waals surface area contributed by atoms with E-state index in [9.17, 15) is 4.79 Å². The number of hydrogen-bond donors (Lipinski definition) is 1. The predicted octanol–water partition coefficient (Wildman–Crippen LogP) is 3.88. The summed E-state index contributed by atoms with van der Waals surface area (Å²) in [6, 6.07) is 5.95.